The van der Waals surface area contributed by atoms with Crippen molar-refractivity contribution in [1.29, 1.82) is 0 Å². The lowest BCUT2D eigenvalue weighted by Gasteiger charge is -2.32. The van der Waals surface area contributed by atoms with Gasteiger partial charge in [0.15, 0.2) is 0 Å². The second-order valence-electron chi connectivity index (χ2n) is 5.69. The summed E-state index contributed by atoms with van der Waals surface area (Å²) in [6.45, 7) is 7.23. The zero-order valence-corrected chi connectivity index (χ0v) is 13.0. The Kier molecular flexibility index (Phi) is 6.26. The number of hydrogen-bond donors (Lipinski definition) is 1. The predicted octanol–water partition coefficient (Wildman–Crippen LogP) is 1.35. The van der Waals surface area contributed by atoms with Gasteiger partial charge in [-0.25, -0.2) is 13.1 Å². The molecule has 1 aliphatic heterocycles. The molecule has 0 saturated carbocycles. The van der Waals surface area contributed by atoms with Crippen molar-refractivity contribution in [2.75, 3.05) is 18.8 Å². The Morgan fingerprint density at radius 1 is 1.32 bits per heavy atom. The molecule has 0 spiro atoms. The van der Waals surface area contributed by atoms with E-state index in [1.807, 2.05) is 25.7 Å². The summed E-state index contributed by atoms with van der Waals surface area (Å²) in [5.41, 5.74) is 0. The molecule has 112 valence electrons. The van der Waals surface area contributed by atoms with E-state index in [4.69, 9.17) is 0 Å². The molecule has 1 N–H and O–H groups in total. The monoisotopic (exact) mass is 290 g/mol. The predicted molar refractivity (Wildman–Crippen MR) is 76.3 cm³/mol. The Balaban J connectivity index is 2.39. The van der Waals surface area contributed by atoms with Gasteiger partial charge in [0.25, 0.3) is 0 Å². The lowest BCUT2D eigenvalue weighted by Crippen LogP contribution is -2.47. The molecule has 0 aromatic heterocycles. The molecule has 1 heterocycles. The minimum absolute atomic E-state index is 0.0142. The molecular weight excluding hydrogens is 264 g/mol. The van der Waals surface area contributed by atoms with Gasteiger partial charge in [0.2, 0.25) is 15.9 Å². The van der Waals surface area contributed by atoms with E-state index in [2.05, 4.69) is 4.72 Å². The fourth-order valence-corrected chi connectivity index (χ4v) is 3.71. The van der Waals surface area contributed by atoms with E-state index < -0.39 is 10.0 Å². The van der Waals surface area contributed by atoms with Crippen molar-refractivity contribution in [3.05, 3.63) is 0 Å². The first-order valence-corrected chi connectivity index (χ1v) is 8.77. The van der Waals surface area contributed by atoms with E-state index in [-0.39, 0.29) is 17.7 Å². The van der Waals surface area contributed by atoms with Crippen LogP contribution in [-0.4, -0.2) is 44.1 Å². The molecule has 6 heteroatoms. The van der Waals surface area contributed by atoms with Gasteiger partial charge in [0.1, 0.15) is 0 Å². The van der Waals surface area contributed by atoms with Crippen LogP contribution in [0.3, 0.4) is 0 Å². The Bertz CT molecular complexity index is 385. The molecule has 1 fully saturated rings. The molecular formula is C13H26N2O3S. The standard InChI is InChI=1S/C13H26N2O3S/c1-4-9-19(17,18)14-12-5-7-15(8-6-12)13(16)10-11(2)3/h11-12,14H,4-10H2,1-3H3. The highest BCUT2D eigenvalue weighted by atomic mass is 32.2. The van der Waals surface area contributed by atoms with Crippen LogP contribution in [-0.2, 0) is 14.8 Å². The van der Waals surface area contributed by atoms with Crippen LogP contribution in [0.1, 0.15) is 46.5 Å². The molecule has 1 saturated heterocycles. The number of amides is 1. The van der Waals surface area contributed by atoms with Crippen LogP contribution in [0.25, 0.3) is 0 Å². The molecule has 1 rings (SSSR count). The SMILES string of the molecule is CCCS(=O)(=O)NC1CCN(C(=O)CC(C)C)CC1. The van der Waals surface area contributed by atoms with E-state index in [9.17, 15) is 13.2 Å². The highest BCUT2D eigenvalue weighted by Gasteiger charge is 2.25. The molecule has 1 aliphatic rings. The van der Waals surface area contributed by atoms with E-state index in [1.165, 1.54) is 0 Å². The number of carbonyl (C=O) groups is 1. The first-order chi connectivity index (χ1) is 8.84. The Morgan fingerprint density at radius 2 is 1.89 bits per heavy atom. The average Bonchev–Trinajstić information content (AvgIpc) is 2.28. The van der Waals surface area contributed by atoms with Gasteiger partial charge in [-0.15, -0.1) is 0 Å². The third kappa shape index (κ3) is 5.91. The first kappa shape index (κ1) is 16.4. The van der Waals surface area contributed by atoms with Gasteiger partial charge in [0.05, 0.1) is 5.75 Å². The van der Waals surface area contributed by atoms with Crippen molar-refractivity contribution in [3.63, 3.8) is 0 Å². The van der Waals surface area contributed by atoms with Crippen LogP contribution < -0.4 is 4.72 Å². The van der Waals surface area contributed by atoms with E-state index in [1.54, 1.807) is 0 Å². The van der Waals surface area contributed by atoms with Crippen LogP contribution in [0, 0.1) is 5.92 Å². The van der Waals surface area contributed by atoms with E-state index in [0.29, 0.717) is 44.7 Å². The van der Waals surface area contributed by atoms with Crippen LogP contribution in [0.15, 0.2) is 0 Å². The molecule has 0 atom stereocenters. The quantitative estimate of drug-likeness (QED) is 0.803. The lowest BCUT2D eigenvalue weighted by atomic mass is 10.0. The summed E-state index contributed by atoms with van der Waals surface area (Å²) >= 11 is 0. The second-order valence-corrected chi connectivity index (χ2v) is 7.56. The number of piperidine rings is 1. The second kappa shape index (κ2) is 7.24. The van der Waals surface area contributed by atoms with Gasteiger partial charge in [-0.05, 0) is 25.2 Å². The highest BCUT2D eigenvalue weighted by molar-refractivity contribution is 7.89. The van der Waals surface area contributed by atoms with Crippen molar-refractivity contribution in [2.24, 2.45) is 5.92 Å². The largest absolute Gasteiger partial charge is 0.343 e. The normalized spacial score (nSPS) is 18.0. The third-order valence-corrected chi connectivity index (χ3v) is 4.89. The van der Waals surface area contributed by atoms with E-state index >= 15 is 0 Å². The third-order valence-electron chi connectivity index (χ3n) is 3.25. The molecule has 0 bridgehead atoms. The molecule has 5 nitrogen and oxygen atoms in total. The van der Waals surface area contributed by atoms with Gasteiger partial charge in [-0.2, -0.15) is 0 Å². The lowest BCUT2D eigenvalue weighted by molar-refractivity contribution is -0.133. The Labute approximate surface area is 116 Å². The number of sulfonamides is 1. The van der Waals surface area contributed by atoms with Crippen LogP contribution in [0.5, 0.6) is 0 Å². The number of carbonyl (C=O) groups excluding carboxylic acids is 1. The summed E-state index contributed by atoms with van der Waals surface area (Å²) in [6, 6.07) is -0.0142. The summed E-state index contributed by atoms with van der Waals surface area (Å²) in [5.74, 6) is 0.734. The van der Waals surface area contributed by atoms with E-state index in [0.717, 1.165) is 0 Å². The average molecular weight is 290 g/mol. The molecule has 1 amide bonds. The van der Waals surface area contributed by atoms with Crippen molar-refractivity contribution in [3.8, 4) is 0 Å². The van der Waals surface area contributed by atoms with Crippen molar-refractivity contribution < 1.29 is 13.2 Å². The molecule has 0 unspecified atom stereocenters. The molecule has 0 aromatic carbocycles. The molecule has 0 aliphatic carbocycles. The van der Waals surface area contributed by atoms with Gasteiger partial charge >= 0.3 is 0 Å². The molecule has 0 radical (unpaired) electrons. The number of likely N-dealkylation sites (tertiary alicyclic amines) is 1. The van der Waals surface area contributed by atoms with Crippen LogP contribution >= 0.6 is 0 Å². The van der Waals surface area contributed by atoms with Crippen molar-refractivity contribution in [2.45, 2.75) is 52.5 Å². The summed E-state index contributed by atoms with van der Waals surface area (Å²) in [6.07, 6.45) is 2.63. The molecule has 0 aromatic rings. The van der Waals surface area contributed by atoms with Crippen LogP contribution in [0.4, 0.5) is 0 Å². The number of rotatable bonds is 6. The maximum Gasteiger partial charge on any atom is 0.222 e. The van der Waals surface area contributed by atoms with Gasteiger partial charge in [-0.1, -0.05) is 20.8 Å². The summed E-state index contributed by atoms with van der Waals surface area (Å²) in [4.78, 5) is 13.7. The minimum Gasteiger partial charge on any atom is -0.343 e. The van der Waals surface area contributed by atoms with Gasteiger partial charge < -0.3 is 4.90 Å². The zero-order valence-electron chi connectivity index (χ0n) is 12.2. The smallest absolute Gasteiger partial charge is 0.222 e. The van der Waals surface area contributed by atoms with Crippen molar-refractivity contribution >= 4 is 15.9 Å². The fourth-order valence-electron chi connectivity index (χ4n) is 2.31. The van der Waals surface area contributed by atoms with Crippen LogP contribution in [0.2, 0.25) is 0 Å². The van der Waals surface area contributed by atoms with Gasteiger partial charge in [0, 0.05) is 25.6 Å². The zero-order chi connectivity index (χ0) is 14.5. The Hall–Kier alpha value is -0.620. The summed E-state index contributed by atoms with van der Waals surface area (Å²) in [7, 11) is -3.14. The number of nitrogens with zero attached hydrogens (tertiary/aromatic N) is 1. The maximum absolute atomic E-state index is 11.9. The fraction of sp³-hybridized carbons (Fsp3) is 0.923. The highest BCUT2D eigenvalue weighted by Crippen LogP contribution is 2.14. The molecule has 19 heavy (non-hydrogen) atoms. The number of hydrogen-bond acceptors (Lipinski definition) is 3. The van der Waals surface area contributed by atoms with Crippen molar-refractivity contribution in [1.82, 2.24) is 9.62 Å². The minimum atomic E-state index is -3.14. The summed E-state index contributed by atoms with van der Waals surface area (Å²) < 4.78 is 26.1. The topological polar surface area (TPSA) is 66.5 Å². The summed E-state index contributed by atoms with van der Waals surface area (Å²) in [5, 5.41) is 0. The van der Waals surface area contributed by atoms with Gasteiger partial charge in [-0.3, -0.25) is 4.79 Å². The maximum atomic E-state index is 11.9. The first-order valence-electron chi connectivity index (χ1n) is 7.12. The number of nitrogens with one attached hydrogen (secondary N) is 1. The Morgan fingerprint density at radius 3 is 2.37 bits per heavy atom.